The van der Waals surface area contributed by atoms with E-state index < -0.39 is 155 Å². The van der Waals surface area contributed by atoms with Gasteiger partial charge in [0.1, 0.15) is 46.5 Å². The molecular weight excluding hydrogens is 1890 g/mol. The second-order valence-electron chi connectivity index (χ2n) is 30.5. The van der Waals surface area contributed by atoms with Crippen LogP contribution in [0.4, 0.5) is 35.1 Å². The highest BCUT2D eigenvalue weighted by atomic mass is 32.2. The van der Waals surface area contributed by atoms with Crippen molar-refractivity contribution in [3.8, 4) is 89.0 Å². The van der Waals surface area contributed by atoms with Crippen molar-refractivity contribution in [3.63, 3.8) is 0 Å². The molecule has 0 saturated heterocycles. The molecule has 134 heavy (non-hydrogen) atoms. The minimum atomic E-state index is -5.18. The third kappa shape index (κ3) is 17.4. The van der Waals surface area contributed by atoms with E-state index in [1.807, 2.05) is 0 Å². The molecular formula is C102H62F8O16S8. The normalized spacial score (nSPS) is 12.4. The molecule has 0 aliphatic rings. The SMILES string of the molecule is O=S(=O)(c1ccc(F)cc1)c1ccc(-c2cc(S(=O)(=O)c3ccc(F)cc3)c(-c3ccc(S(=O)(=O)c4ccc(F)cc4)cc3)c(-c3ccc(-c4c(-c5ccc(S(=O)(=O)c6ccc(F)cc6)cc5)c(-c5ccc(S(=O)(=O)c6ccc(F)cc6)cc5)cc(S(=O)(=O)c5ccc(F)cc5)c4-c4ccc(S(=O)(=O)c5ccc(F)cc5)cc4)cc3)c2-c2ccc(S(=O)(=O)c3ccc(F)cc3)cc2)cc1. The van der Waals surface area contributed by atoms with E-state index in [-0.39, 0.29) is 138 Å². The van der Waals surface area contributed by atoms with Gasteiger partial charge in [-0.2, -0.15) is 0 Å². The van der Waals surface area contributed by atoms with Gasteiger partial charge in [-0.1, -0.05) is 97.1 Å². The molecule has 0 saturated carbocycles. The molecule has 0 unspecified atom stereocenters. The van der Waals surface area contributed by atoms with Crippen LogP contribution in [0.15, 0.2) is 454 Å². The lowest BCUT2D eigenvalue weighted by molar-refractivity contribution is 0.592. The Morgan fingerprint density at radius 2 is 0.231 bits per heavy atom. The largest absolute Gasteiger partial charge is 0.219 e. The Balaban J connectivity index is 1.01. The van der Waals surface area contributed by atoms with E-state index in [1.54, 1.807) is 0 Å². The maximum atomic E-state index is 16.4. The summed E-state index contributed by atoms with van der Waals surface area (Å²) in [5, 5.41) is 0. The van der Waals surface area contributed by atoms with Crippen LogP contribution in [0.25, 0.3) is 89.0 Å². The van der Waals surface area contributed by atoms with Gasteiger partial charge >= 0.3 is 0 Å². The second kappa shape index (κ2) is 35.4. The van der Waals surface area contributed by atoms with Crippen LogP contribution >= 0.6 is 0 Å². The molecule has 17 rings (SSSR count). The summed E-state index contributed by atoms with van der Waals surface area (Å²) in [6.45, 7) is 0. The smallest absolute Gasteiger partial charge is 0.207 e. The molecule has 17 aromatic rings. The van der Waals surface area contributed by atoms with E-state index in [0.29, 0.717) is 0 Å². The van der Waals surface area contributed by atoms with Crippen LogP contribution in [-0.2, 0) is 78.7 Å². The summed E-state index contributed by atoms with van der Waals surface area (Å²) < 4.78 is 358. The molecule has 32 heteroatoms. The summed E-state index contributed by atoms with van der Waals surface area (Å²) in [6, 6.07) is 68.0. The minimum Gasteiger partial charge on any atom is -0.219 e. The fourth-order valence-electron chi connectivity index (χ4n) is 15.6. The van der Waals surface area contributed by atoms with Gasteiger partial charge in [0.15, 0.2) is 0 Å². The van der Waals surface area contributed by atoms with Gasteiger partial charge in [0.05, 0.1) is 78.3 Å². The Hall–Kier alpha value is -14.2. The molecule has 17 aromatic carbocycles. The van der Waals surface area contributed by atoms with Crippen LogP contribution in [0, 0.1) is 46.5 Å². The average molecular weight is 1950 g/mol. The lowest BCUT2D eigenvalue weighted by Crippen LogP contribution is -2.09. The number of rotatable bonds is 24. The van der Waals surface area contributed by atoms with Crippen LogP contribution in [0.1, 0.15) is 0 Å². The summed E-state index contributed by atoms with van der Waals surface area (Å²) in [6.07, 6.45) is 0. The molecule has 0 fully saturated rings. The molecule has 0 radical (unpaired) electrons. The number of hydrogen-bond acceptors (Lipinski definition) is 16. The highest BCUT2D eigenvalue weighted by molar-refractivity contribution is 7.93. The van der Waals surface area contributed by atoms with Gasteiger partial charge in [0, 0.05) is 11.1 Å². The van der Waals surface area contributed by atoms with E-state index in [2.05, 4.69) is 0 Å². The van der Waals surface area contributed by atoms with Crippen molar-refractivity contribution in [2.45, 2.75) is 78.3 Å². The first-order valence-corrected chi connectivity index (χ1v) is 51.8. The van der Waals surface area contributed by atoms with Crippen LogP contribution in [0.3, 0.4) is 0 Å². The topological polar surface area (TPSA) is 273 Å². The van der Waals surface area contributed by atoms with E-state index in [4.69, 9.17) is 0 Å². The van der Waals surface area contributed by atoms with Gasteiger partial charge in [-0.05, 0) is 357 Å². The van der Waals surface area contributed by atoms with Gasteiger partial charge in [-0.3, -0.25) is 0 Å². The minimum absolute atomic E-state index is 0.0110. The monoisotopic (exact) mass is 1950 g/mol. The van der Waals surface area contributed by atoms with E-state index >= 15 is 25.6 Å². The first kappa shape index (κ1) is 91.7. The third-order valence-corrected chi connectivity index (χ3v) is 36.7. The lowest BCUT2D eigenvalue weighted by atomic mass is 9.81. The molecule has 0 aliphatic heterocycles. The quantitative estimate of drug-likeness (QED) is 0.0402. The highest BCUT2D eigenvalue weighted by Crippen LogP contribution is 2.55. The number of hydrogen-bond donors (Lipinski definition) is 0. The number of halogens is 8. The lowest BCUT2D eigenvalue weighted by Gasteiger charge is -2.26. The third-order valence-electron chi connectivity index (χ3n) is 22.4. The van der Waals surface area contributed by atoms with Crippen molar-refractivity contribution in [1.82, 2.24) is 0 Å². The maximum Gasteiger partial charge on any atom is 0.207 e. The van der Waals surface area contributed by atoms with Crippen LogP contribution in [0.5, 0.6) is 0 Å². The summed E-state index contributed by atoms with van der Waals surface area (Å²) in [7, 11) is -37.6. The van der Waals surface area contributed by atoms with Crippen molar-refractivity contribution in [3.05, 3.63) is 423 Å². The van der Waals surface area contributed by atoms with E-state index in [9.17, 15) is 76.8 Å². The number of sulfone groups is 8. The summed E-state index contributed by atoms with van der Waals surface area (Å²) >= 11 is 0. The summed E-state index contributed by atoms with van der Waals surface area (Å²) in [4.78, 5) is -6.85. The van der Waals surface area contributed by atoms with Gasteiger partial charge in [-0.15, -0.1) is 0 Å². The van der Waals surface area contributed by atoms with E-state index in [0.717, 1.165) is 218 Å². The first-order valence-electron chi connectivity index (χ1n) is 39.9. The Morgan fingerprint density at radius 1 is 0.119 bits per heavy atom. The molecule has 0 N–H and O–H groups in total. The highest BCUT2D eigenvalue weighted by Gasteiger charge is 2.36. The zero-order valence-corrected chi connectivity index (χ0v) is 75.1. The van der Waals surface area contributed by atoms with E-state index in [1.165, 1.54) is 158 Å². The maximum absolute atomic E-state index is 16.4. The summed E-state index contributed by atoms with van der Waals surface area (Å²) in [5.74, 6) is -6.41. The Kier molecular flexibility index (Phi) is 24.2. The van der Waals surface area contributed by atoms with Crippen LogP contribution in [0.2, 0.25) is 0 Å². The molecule has 670 valence electrons. The van der Waals surface area contributed by atoms with Crippen molar-refractivity contribution in [1.29, 1.82) is 0 Å². The second-order valence-corrected chi connectivity index (χ2v) is 46.0. The standard InChI is InChI=1S/C102H62F8O16S8/c103-71-17-45-85(46-18-71)127(111,112)79-33-5-63(6-34-79)93-61-95(133(123,124)91-57-29-77(109)30-58-91)99(67-13-41-83(42-14-67)131(119,120)89-53-25-75(107)26-54-89)101(97(93)65-9-37-81(38-10-65)129(115,116)87-49-21-73(105)22-50-87)69-1-2-70(4-3-69)102-98(66-11-39-82(40-12-66)130(117,118)88-51-23-74(106)24-52-88)94(64-7-35-80(36-8-64)128(113,114)86-47-19-72(104)20-48-86)62-96(134(125,126)92-59-31-78(110)32-60-92)100(102)68-15-43-84(44-16-68)132(121,122)90-55-27-76(108)28-56-90/h1-62H. The first-order chi connectivity index (χ1) is 63.7. The predicted octanol–water partition coefficient (Wildman–Crippen LogP) is 22.8. The van der Waals surface area contributed by atoms with Crippen molar-refractivity contribution in [2.75, 3.05) is 0 Å². The van der Waals surface area contributed by atoms with Crippen molar-refractivity contribution < 1.29 is 102 Å². The average Bonchev–Trinajstić information content (AvgIpc) is 0.719. The van der Waals surface area contributed by atoms with Crippen LogP contribution < -0.4 is 0 Å². The van der Waals surface area contributed by atoms with Gasteiger partial charge < -0.3 is 0 Å². The molecule has 0 amide bonds. The predicted molar refractivity (Wildman–Crippen MR) is 485 cm³/mol. The molecule has 0 spiro atoms. The Labute approximate surface area is 765 Å². The number of benzene rings is 17. The van der Waals surface area contributed by atoms with Gasteiger partial charge in [0.2, 0.25) is 78.7 Å². The molecule has 0 aliphatic carbocycles. The molecule has 0 heterocycles. The Morgan fingerprint density at radius 3 is 0.388 bits per heavy atom. The zero-order valence-electron chi connectivity index (χ0n) is 68.6. The van der Waals surface area contributed by atoms with Crippen molar-refractivity contribution >= 4 is 78.7 Å². The molecule has 0 bridgehead atoms. The van der Waals surface area contributed by atoms with Gasteiger partial charge in [-0.25, -0.2) is 102 Å². The van der Waals surface area contributed by atoms with Crippen LogP contribution in [-0.4, -0.2) is 67.3 Å². The van der Waals surface area contributed by atoms with Gasteiger partial charge in [0.25, 0.3) is 0 Å². The fourth-order valence-corrected chi connectivity index (χ4v) is 26.1. The van der Waals surface area contributed by atoms with Crippen molar-refractivity contribution in [2.24, 2.45) is 0 Å². The molecule has 0 aromatic heterocycles. The molecule has 0 atom stereocenters. The Bertz CT molecular complexity index is 8020. The fraction of sp³-hybridized carbons (Fsp3) is 0. The summed E-state index contributed by atoms with van der Waals surface area (Å²) in [5.41, 5.74) is -1.51. The molecule has 16 nitrogen and oxygen atoms in total. The zero-order chi connectivity index (χ0) is 94.9.